The molecule has 0 fully saturated rings. The van der Waals surface area contributed by atoms with E-state index in [1.54, 1.807) is 33.8 Å². The lowest BCUT2D eigenvalue weighted by molar-refractivity contribution is -0.148. The molecule has 0 aliphatic carbocycles. The minimum absolute atomic E-state index is 0.0711. The lowest BCUT2D eigenvalue weighted by Crippen LogP contribution is -2.36. The van der Waals surface area contributed by atoms with Gasteiger partial charge in [0.2, 0.25) is 0 Å². The summed E-state index contributed by atoms with van der Waals surface area (Å²) in [5, 5.41) is 0. The van der Waals surface area contributed by atoms with Crippen molar-refractivity contribution in [2.24, 2.45) is 5.73 Å². The van der Waals surface area contributed by atoms with Gasteiger partial charge in [-0.15, -0.1) is 0 Å². The molecule has 0 aliphatic heterocycles. The van der Waals surface area contributed by atoms with E-state index < -0.39 is 41.8 Å². The van der Waals surface area contributed by atoms with Crippen LogP contribution in [0.4, 0.5) is 4.79 Å². The zero-order chi connectivity index (χ0) is 26.6. The molecule has 0 saturated carbocycles. The normalized spacial score (nSPS) is 12.8. The van der Waals surface area contributed by atoms with Crippen LogP contribution in [0.25, 0.3) is 0 Å². The Balaban J connectivity index is 2.77. The minimum Gasteiger partial charge on any atom is -0.461 e. The number of hydrogen-bond acceptors (Lipinski definition) is 10. The van der Waals surface area contributed by atoms with E-state index >= 15 is 0 Å². The number of ether oxygens (including phenoxy) is 5. The van der Waals surface area contributed by atoms with Gasteiger partial charge < -0.3 is 29.4 Å². The Morgan fingerprint density at radius 1 is 0.943 bits per heavy atom. The van der Waals surface area contributed by atoms with Crippen molar-refractivity contribution in [3.8, 4) is 11.5 Å². The molecular weight excluding hydrogens is 458 g/mol. The molecule has 1 aromatic rings. The van der Waals surface area contributed by atoms with Gasteiger partial charge in [0.05, 0.1) is 0 Å². The van der Waals surface area contributed by atoms with E-state index in [1.807, 2.05) is 13.8 Å². The zero-order valence-electron chi connectivity index (χ0n) is 21.4. The third-order valence-electron chi connectivity index (χ3n) is 4.27. The Hall–Kier alpha value is -3.14. The SMILES string of the molecule is CCCC(=O)Oc1ccc(C[C@H](N)C(=O)OC[C@H](C)OC(=O)OC(C)(C)C)cc1OC(=O)CCC. The molecule has 35 heavy (non-hydrogen) atoms. The summed E-state index contributed by atoms with van der Waals surface area (Å²) in [4.78, 5) is 47.9. The van der Waals surface area contributed by atoms with Gasteiger partial charge in [-0.25, -0.2) is 4.79 Å². The monoisotopic (exact) mass is 495 g/mol. The Kier molecular flexibility index (Phi) is 12.2. The number of nitrogens with two attached hydrogens (primary N) is 1. The molecule has 0 bridgehead atoms. The molecule has 0 saturated heterocycles. The Bertz CT molecular complexity index is 876. The van der Waals surface area contributed by atoms with Crippen molar-refractivity contribution in [2.75, 3.05) is 6.61 Å². The molecule has 0 spiro atoms. The third-order valence-corrected chi connectivity index (χ3v) is 4.27. The van der Waals surface area contributed by atoms with Crippen LogP contribution in [0.1, 0.15) is 72.8 Å². The van der Waals surface area contributed by atoms with Crippen molar-refractivity contribution in [1.29, 1.82) is 0 Å². The summed E-state index contributed by atoms with van der Waals surface area (Å²) in [6.45, 7) is 10.2. The third kappa shape index (κ3) is 12.2. The summed E-state index contributed by atoms with van der Waals surface area (Å²) < 4.78 is 25.9. The average molecular weight is 496 g/mol. The summed E-state index contributed by atoms with van der Waals surface area (Å²) in [5.74, 6) is -1.44. The second kappa shape index (κ2) is 14.3. The molecule has 0 unspecified atom stereocenters. The summed E-state index contributed by atoms with van der Waals surface area (Å²) in [7, 11) is 0. The van der Waals surface area contributed by atoms with E-state index in [9.17, 15) is 19.2 Å². The van der Waals surface area contributed by atoms with Crippen molar-refractivity contribution >= 4 is 24.1 Å². The second-order valence-corrected chi connectivity index (χ2v) is 9.06. The molecule has 196 valence electrons. The molecule has 0 aliphatic rings. The largest absolute Gasteiger partial charge is 0.509 e. The molecule has 10 heteroatoms. The first-order chi connectivity index (χ1) is 16.3. The van der Waals surface area contributed by atoms with Crippen LogP contribution in [0.5, 0.6) is 11.5 Å². The van der Waals surface area contributed by atoms with Gasteiger partial charge in [0, 0.05) is 12.8 Å². The van der Waals surface area contributed by atoms with Gasteiger partial charge >= 0.3 is 24.1 Å². The molecule has 1 rings (SSSR count). The highest BCUT2D eigenvalue weighted by atomic mass is 16.7. The number of carbonyl (C=O) groups is 4. The quantitative estimate of drug-likeness (QED) is 0.336. The first-order valence-corrected chi connectivity index (χ1v) is 11.7. The van der Waals surface area contributed by atoms with Gasteiger partial charge in [0.25, 0.3) is 0 Å². The highest BCUT2D eigenvalue weighted by Crippen LogP contribution is 2.30. The molecule has 0 amide bonds. The van der Waals surface area contributed by atoms with E-state index in [0.29, 0.717) is 18.4 Å². The molecule has 0 aromatic heterocycles. The van der Waals surface area contributed by atoms with E-state index in [0.717, 1.165) is 0 Å². The average Bonchev–Trinajstić information content (AvgIpc) is 2.72. The number of hydrogen-bond donors (Lipinski definition) is 1. The van der Waals surface area contributed by atoms with Crippen molar-refractivity contribution in [3.05, 3.63) is 23.8 Å². The van der Waals surface area contributed by atoms with Crippen molar-refractivity contribution in [2.45, 2.75) is 91.4 Å². The summed E-state index contributed by atoms with van der Waals surface area (Å²) in [6, 6.07) is 3.58. The van der Waals surface area contributed by atoms with Crippen molar-refractivity contribution in [1.82, 2.24) is 0 Å². The number of rotatable bonds is 12. The Morgan fingerprint density at radius 3 is 2.06 bits per heavy atom. The fourth-order valence-electron chi connectivity index (χ4n) is 2.72. The van der Waals surface area contributed by atoms with Crippen LogP contribution in [0.15, 0.2) is 18.2 Å². The van der Waals surface area contributed by atoms with Crippen LogP contribution >= 0.6 is 0 Å². The van der Waals surface area contributed by atoms with Crippen LogP contribution < -0.4 is 15.2 Å². The topological polar surface area (TPSA) is 140 Å². The molecule has 0 heterocycles. The van der Waals surface area contributed by atoms with Gasteiger partial charge in [-0.05, 0) is 64.7 Å². The maximum absolute atomic E-state index is 12.3. The van der Waals surface area contributed by atoms with Gasteiger partial charge in [-0.2, -0.15) is 0 Å². The van der Waals surface area contributed by atoms with Gasteiger partial charge in [0.15, 0.2) is 11.5 Å². The fraction of sp³-hybridized carbons (Fsp3) is 0.600. The predicted molar refractivity (Wildman–Crippen MR) is 127 cm³/mol. The molecule has 1 aromatic carbocycles. The van der Waals surface area contributed by atoms with E-state index in [-0.39, 0.29) is 37.4 Å². The Labute approximate surface area is 206 Å². The van der Waals surface area contributed by atoms with Crippen LogP contribution in [0.2, 0.25) is 0 Å². The molecule has 0 radical (unpaired) electrons. The maximum atomic E-state index is 12.3. The molecule has 2 N–H and O–H groups in total. The van der Waals surface area contributed by atoms with Gasteiger partial charge in [-0.1, -0.05) is 19.9 Å². The van der Waals surface area contributed by atoms with Gasteiger partial charge in [-0.3, -0.25) is 14.4 Å². The first-order valence-electron chi connectivity index (χ1n) is 11.7. The van der Waals surface area contributed by atoms with Crippen LogP contribution in [-0.4, -0.2) is 48.4 Å². The predicted octanol–water partition coefficient (Wildman–Crippen LogP) is 3.85. The highest BCUT2D eigenvalue weighted by molar-refractivity contribution is 5.77. The molecular formula is C25H37NO9. The number of esters is 3. The fourth-order valence-corrected chi connectivity index (χ4v) is 2.72. The summed E-state index contributed by atoms with van der Waals surface area (Å²) >= 11 is 0. The second-order valence-electron chi connectivity index (χ2n) is 9.06. The van der Waals surface area contributed by atoms with Crippen LogP contribution in [-0.2, 0) is 35.0 Å². The Morgan fingerprint density at radius 2 is 1.51 bits per heavy atom. The summed E-state index contributed by atoms with van der Waals surface area (Å²) in [6.07, 6.45) is 0.0923. The lowest BCUT2D eigenvalue weighted by Gasteiger charge is -2.21. The van der Waals surface area contributed by atoms with Gasteiger partial charge in [0.1, 0.15) is 24.4 Å². The summed E-state index contributed by atoms with van der Waals surface area (Å²) in [5.41, 5.74) is 5.84. The van der Waals surface area contributed by atoms with Crippen LogP contribution in [0.3, 0.4) is 0 Å². The highest BCUT2D eigenvalue weighted by Gasteiger charge is 2.22. The lowest BCUT2D eigenvalue weighted by atomic mass is 10.1. The molecule has 2 atom stereocenters. The maximum Gasteiger partial charge on any atom is 0.509 e. The smallest absolute Gasteiger partial charge is 0.461 e. The number of carbonyl (C=O) groups excluding carboxylic acids is 4. The van der Waals surface area contributed by atoms with E-state index in [1.165, 1.54) is 12.1 Å². The van der Waals surface area contributed by atoms with Crippen molar-refractivity contribution in [3.63, 3.8) is 0 Å². The van der Waals surface area contributed by atoms with E-state index in [4.69, 9.17) is 29.4 Å². The number of benzene rings is 1. The van der Waals surface area contributed by atoms with E-state index in [2.05, 4.69) is 0 Å². The minimum atomic E-state index is -1.03. The van der Waals surface area contributed by atoms with Crippen molar-refractivity contribution < 1.29 is 42.9 Å². The first kappa shape index (κ1) is 29.9. The zero-order valence-corrected chi connectivity index (χ0v) is 21.4. The standard InChI is InChI=1S/C25H37NO9/c1-7-9-21(27)33-19-12-11-17(14-20(19)34-22(28)10-8-2)13-18(26)23(29)31-15-16(3)32-24(30)35-25(4,5)6/h11-12,14,16,18H,7-10,13,15,26H2,1-6H3/t16-,18-/m0/s1. The molecule has 10 nitrogen and oxygen atoms in total. The van der Waals surface area contributed by atoms with Crippen LogP contribution in [0, 0.1) is 0 Å².